The van der Waals surface area contributed by atoms with Crippen molar-refractivity contribution in [3.05, 3.63) is 17.7 Å². The average Bonchev–Trinajstić information content (AvgIpc) is 2.25. The highest BCUT2D eigenvalue weighted by Crippen LogP contribution is 2.39. The number of fused-ring (bicyclic) bond motifs is 2. The van der Waals surface area contributed by atoms with Crippen molar-refractivity contribution < 1.29 is 9.47 Å². The van der Waals surface area contributed by atoms with Crippen LogP contribution in [0, 0.1) is 0 Å². The lowest BCUT2D eigenvalue weighted by Gasteiger charge is -2.34. The minimum atomic E-state index is 0.177. The van der Waals surface area contributed by atoms with Gasteiger partial charge in [-0.2, -0.15) is 0 Å². The van der Waals surface area contributed by atoms with E-state index in [0.717, 1.165) is 24.3 Å². The van der Waals surface area contributed by atoms with Gasteiger partial charge in [-0.1, -0.05) is 0 Å². The summed E-state index contributed by atoms with van der Waals surface area (Å²) in [4.78, 5) is 0. The van der Waals surface area contributed by atoms with Crippen LogP contribution in [0.15, 0.2) is 12.1 Å². The number of hydrogen-bond donors (Lipinski definition) is 1. The second-order valence-corrected chi connectivity index (χ2v) is 5.16. The maximum atomic E-state index is 5.59. The Bertz CT molecular complexity index is 426. The molecule has 86 valence electrons. The molecule has 16 heavy (non-hydrogen) atoms. The van der Waals surface area contributed by atoms with Crippen molar-refractivity contribution in [1.82, 2.24) is 0 Å². The molecule has 3 nitrogen and oxygen atoms in total. The second-order valence-electron chi connectivity index (χ2n) is 5.16. The van der Waals surface area contributed by atoms with Crippen LogP contribution in [0.1, 0.15) is 25.8 Å². The molecule has 0 aliphatic carbocycles. The predicted molar refractivity (Wildman–Crippen MR) is 63.5 cm³/mol. The summed E-state index contributed by atoms with van der Waals surface area (Å²) in [6, 6.07) is 4.19. The van der Waals surface area contributed by atoms with Gasteiger partial charge in [0.1, 0.15) is 13.2 Å². The van der Waals surface area contributed by atoms with Crippen molar-refractivity contribution in [1.29, 1.82) is 0 Å². The van der Waals surface area contributed by atoms with Crippen molar-refractivity contribution in [2.75, 3.05) is 18.5 Å². The number of benzene rings is 1. The molecule has 0 unspecified atom stereocenters. The summed E-state index contributed by atoms with van der Waals surface area (Å²) in [7, 11) is 0. The van der Waals surface area contributed by atoms with Gasteiger partial charge in [0.05, 0.1) is 0 Å². The fraction of sp³-hybridized carbons (Fsp3) is 0.538. The van der Waals surface area contributed by atoms with Crippen LogP contribution in [0.2, 0.25) is 0 Å². The summed E-state index contributed by atoms with van der Waals surface area (Å²) >= 11 is 0. The molecule has 1 aromatic rings. The zero-order chi connectivity index (χ0) is 11.2. The number of hydrogen-bond acceptors (Lipinski definition) is 3. The van der Waals surface area contributed by atoms with Crippen LogP contribution < -0.4 is 14.8 Å². The Labute approximate surface area is 95.8 Å². The minimum absolute atomic E-state index is 0.177. The summed E-state index contributed by atoms with van der Waals surface area (Å²) < 4.78 is 11.2. The van der Waals surface area contributed by atoms with E-state index in [9.17, 15) is 0 Å². The third-order valence-electron chi connectivity index (χ3n) is 3.26. The van der Waals surface area contributed by atoms with Gasteiger partial charge in [-0.15, -0.1) is 0 Å². The molecule has 1 N–H and O–H groups in total. The van der Waals surface area contributed by atoms with Gasteiger partial charge in [-0.25, -0.2) is 0 Å². The molecule has 3 heteroatoms. The van der Waals surface area contributed by atoms with E-state index < -0.39 is 0 Å². The van der Waals surface area contributed by atoms with Gasteiger partial charge < -0.3 is 14.8 Å². The van der Waals surface area contributed by atoms with Crippen LogP contribution in [-0.2, 0) is 6.42 Å². The van der Waals surface area contributed by atoms with Crippen molar-refractivity contribution in [2.24, 2.45) is 0 Å². The number of aryl methyl sites for hydroxylation is 1. The van der Waals surface area contributed by atoms with Crippen LogP contribution in [0.4, 0.5) is 5.69 Å². The van der Waals surface area contributed by atoms with E-state index in [1.54, 1.807) is 0 Å². The molecular weight excluding hydrogens is 202 g/mol. The van der Waals surface area contributed by atoms with Crippen molar-refractivity contribution in [2.45, 2.75) is 32.2 Å². The number of rotatable bonds is 0. The highest BCUT2D eigenvalue weighted by atomic mass is 16.6. The Morgan fingerprint density at radius 1 is 1.12 bits per heavy atom. The molecule has 2 aliphatic heterocycles. The Hall–Kier alpha value is -1.38. The van der Waals surface area contributed by atoms with E-state index in [-0.39, 0.29) is 5.54 Å². The Kier molecular flexibility index (Phi) is 2.03. The van der Waals surface area contributed by atoms with Crippen molar-refractivity contribution >= 4 is 5.69 Å². The Morgan fingerprint density at radius 2 is 1.81 bits per heavy atom. The van der Waals surface area contributed by atoms with Gasteiger partial charge in [0.25, 0.3) is 0 Å². The summed E-state index contributed by atoms with van der Waals surface area (Å²) in [5.74, 6) is 1.77. The summed E-state index contributed by atoms with van der Waals surface area (Å²) in [5.41, 5.74) is 2.71. The van der Waals surface area contributed by atoms with Gasteiger partial charge in [0.15, 0.2) is 11.5 Å². The fourth-order valence-electron chi connectivity index (χ4n) is 2.33. The maximum Gasteiger partial charge on any atom is 0.163 e. The SMILES string of the molecule is CC1(C)CCc2cc3c(cc2N1)OCCO3. The first-order chi connectivity index (χ1) is 7.64. The Balaban J connectivity index is 2.02. The summed E-state index contributed by atoms with van der Waals surface area (Å²) in [6.07, 6.45) is 2.26. The van der Waals surface area contributed by atoms with Gasteiger partial charge in [-0.3, -0.25) is 0 Å². The molecule has 0 atom stereocenters. The first kappa shape index (κ1) is 9.82. The van der Waals surface area contributed by atoms with E-state index in [0.29, 0.717) is 13.2 Å². The Morgan fingerprint density at radius 3 is 2.56 bits per heavy atom. The topological polar surface area (TPSA) is 30.5 Å². The largest absolute Gasteiger partial charge is 0.486 e. The molecule has 0 fully saturated rings. The van der Waals surface area contributed by atoms with Gasteiger partial charge in [0, 0.05) is 17.3 Å². The molecule has 1 aromatic carbocycles. The zero-order valence-electron chi connectivity index (χ0n) is 9.80. The van der Waals surface area contributed by atoms with Crippen LogP contribution in [-0.4, -0.2) is 18.8 Å². The predicted octanol–water partition coefficient (Wildman–Crippen LogP) is 2.59. The molecule has 0 saturated carbocycles. The van der Waals surface area contributed by atoms with E-state index in [1.165, 1.54) is 11.3 Å². The molecule has 0 saturated heterocycles. The maximum absolute atomic E-state index is 5.59. The normalized spacial score (nSPS) is 20.9. The van der Waals surface area contributed by atoms with Gasteiger partial charge in [-0.05, 0) is 38.3 Å². The van der Waals surface area contributed by atoms with E-state index in [1.807, 2.05) is 0 Å². The van der Waals surface area contributed by atoms with E-state index >= 15 is 0 Å². The lowest BCUT2D eigenvalue weighted by molar-refractivity contribution is 0.171. The molecule has 2 aliphatic rings. The number of ether oxygens (including phenoxy) is 2. The highest BCUT2D eigenvalue weighted by Gasteiger charge is 2.26. The molecule has 0 aromatic heterocycles. The first-order valence-corrected chi connectivity index (χ1v) is 5.85. The number of nitrogens with one attached hydrogen (secondary N) is 1. The molecular formula is C13H17NO2. The van der Waals surface area contributed by atoms with E-state index in [2.05, 4.69) is 31.3 Å². The molecule has 0 amide bonds. The quantitative estimate of drug-likeness (QED) is 0.727. The van der Waals surface area contributed by atoms with E-state index in [4.69, 9.17) is 9.47 Å². The average molecular weight is 219 g/mol. The van der Waals surface area contributed by atoms with Crippen molar-refractivity contribution in [3.8, 4) is 11.5 Å². The molecule has 3 rings (SSSR count). The highest BCUT2D eigenvalue weighted by molar-refractivity contribution is 5.63. The van der Waals surface area contributed by atoms with Gasteiger partial charge in [0.2, 0.25) is 0 Å². The minimum Gasteiger partial charge on any atom is -0.486 e. The lowest BCUT2D eigenvalue weighted by atomic mass is 9.89. The summed E-state index contributed by atoms with van der Waals surface area (Å²) in [5, 5.41) is 3.55. The standard InChI is InChI=1S/C13H17NO2/c1-13(2)4-3-9-7-11-12(8-10(9)14-13)16-6-5-15-11/h7-8,14H,3-6H2,1-2H3. The lowest BCUT2D eigenvalue weighted by Crippen LogP contribution is -2.35. The third-order valence-corrected chi connectivity index (χ3v) is 3.26. The molecule has 0 spiro atoms. The van der Waals surface area contributed by atoms with Crippen LogP contribution >= 0.6 is 0 Å². The summed E-state index contributed by atoms with van der Waals surface area (Å²) in [6.45, 7) is 5.76. The molecule has 0 bridgehead atoms. The first-order valence-electron chi connectivity index (χ1n) is 5.85. The van der Waals surface area contributed by atoms with Crippen molar-refractivity contribution in [3.63, 3.8) is 0 Å². The van der Waals surface area contributed by atoms with Crippen LogP contribution in [0.5, 0.6) is 11.5 Å². The third kappa shape index (κ3) is 1.60. The van der Waals surface area contributed by atoms with Crippen LogP contribution in [0.3, 0.4) is 0 Å². The molecule has 2 heterocycles. The number of anilines is 1. The zero-order valence-corrected chi connectivity index (χ0v) is 9.80. The van der Waals surface area contributed by atoms with Gasteiger partial charge >= 0.3 is 0 Å². The smallest absolute Gasteiger partial charge is 0.163 e. The monoisotopic (exact) mass is 219 g/mol. The van der Waals surface area contributed by atoms with Crippen LogP contribution in [0.25, 0.3) is 0 Å². The fourth-order valence-corrected chi connectivity index (χ4v) is 2.33. The second kappa shape index (κ2) is 3.30. The molecule has 0 radical (unpaired) electrons.